The summed E-state index contributed by atoms with van der Waals surface area (Å²) in [6, 6.07) is 5.84. The summed E-state index contributed by atoms with van der Waals surface area (Å²) in [7, 11) is 0. The summed E-state index contributed by atoms with van der Waals surface area (Å²) in [5.41, 5.74) is 0.642. The maximum Gasteiger partial charge on any atom is 0.264 e. The first-order chi connectivity index (χ1) is 10.4. The van der Waals surface area contributed by atoms with Gasteiger partial charge in [-0.3, -0.25) is 9.59 Å². The van der Waals surface area contributed by atoms with Gasteiger partial charge in [-0.1, -0.05) is 13.8 Å². The first-order valence-corrected chi connectivity index (χ1v) is 7.11. The van der Waals surface area contributed by atoms with Crippen molar-refractivity contribution in [1.29, 1.82) is 0 Å². The summed E-state index contributed by atoms with van der Waals surface area (Å²) >= 11 is 0. The number of hydrogen-bond acceptors (Lipinski definition) is 3. The van der Waals surface area contributed by atoms with Gasteiger partial charge in [-0.2, -0.15) is 5.10 Å². The van der Waals surface area contributed by atoms with Gasteiger partial charge in [0.25, 0.3) is 5.56 Å². The van der Waals surface area contributed by atoms with E-state index in [4.69, 9.17) is 0 Å². The highest BCUT2D eigenvalue weighted by Crippen LogP contribution is 2.40. The standard InChI is InChI=1S/C14H12FN3O2.C2H6/c1-14(2)8-5-7(10-3-4-11(19)18-17-10)6-9(15)12(8)16-13(14)20;1-2/h3-6H,1-2H3,(H,16,20)(H,18,19);1-2H3. The van der Waals surface area contributed by atoms with Crippen LogP contribution >= 0.6 is 0 Å². The van der Waals surface area contributed by atoms with Crippen LogP contribution in [0.15, 0.2) is 29.1 Å². The predicted molar refractivity (Wildman–Crippen MR) is 83.3 cm³/mol. The zero-order chi connectivity index (χ0) is 16.5. The molecule has 116 valence electrons. The summed E-state index contributed by atoms with van der Waals surface area (Å²) in [5.74, 6) is -0.748. The van der Waals surface area contributed by atoms with Crippen molar-refractivity contribution in [2.75, 3.05) is 5.32 Å². The first kappa shape index (κ1) is 15.9. The van der Waals surface area contributed by atoms with Crippen molar-refractivity contribution in [3.63, 3.8) is 0 Å². The molecule has 0 unspecified atom stereocenters. The van der Waals surface area contributed by atoms with Gasteiger partial charge in [0.1, 0.15) is 5.82 Å². The highest BCUT2D eigenvalue weighted by molar-refractivity contribution is 6.06. The lowest BCUT2D eigenvalue weighted by molar-refractivity contribution is -0.119. The number of carbonyl (C=O) groups excluding carboxylic acids is 1. The molecule has 0 saturated carbocycles. The molecular formula is C16H18FN3O2. The number of benzene rings is 1. The molecule has 1 aliphatic rings. The van der Waals surface area contributed by atoms with Gasteiger partial charge in [-0.05, 0) is 37.6 Å². The van der Waals surface area contributed by atoms with Crippen LogP contribution < -0.4 is 10.9 Å². The lowest BCUT2D eigenvalue weighted by atomic mass is 9.85. The molecule has 1 amide bonds. The Hall–Kier alpha value is -2.50. The Kier molecular flexibility index (Phi) is 4.12. The summed E-state index contributed by atoms with van der Waals surface area (Å²) < 4.78 is 14.1. The van der Waals surface area contributed by atoms with Gasteiger partial charge >= 0.3 is 0 Å². The summed E-state index contributed by atoms with van der Waals surface area (Å²) in [4.78, 5) is 22.9. The Labute approximate surface area is 127 Å². The third kappa shape index (κ3) is 2.52. The summed E-state index contributed by atoms with van der Waals surface area (Å²) in [6.07, 6.45) is 0. The number of carbonyl (C=O) groups is 1. The molecule has 0 atom stereocenters. The largest absolute Gasteiger partial charge is 0.323 e. The normalized spacial score (nSPS) is 14.7. The number of H-pyrrole nitrogens is 1. The molecular weight excluding hydrogens is 285 g/mol. The molecule has 6 heteroatoms. The SMILES string of the molecule is CC.CC1(C)C(=O)Nc2c(F)cc(-c3ccc(=O)[nH]n3)cc21. The fraction of sp³-hybridized carbons (Fsp3) is 0.312. The molecule has 0 radical (unpaired) electrons. The molecule has 2 heterocycles. The van der Waals surface area contributed by atoms with Crippen molar-refractivity contribution in [2.24, 2.45) is 0 Å². The van der Waals surface area contributed by atoms with Gasteiger partial charge in [-0.25, -0.2) is 9.49 Å². The number of hydrogen-bond donors (Lipinski definition) is 2. The number of fused-ring (bicyclic) bond motifs is 1. The van der Waals surface area contributed by atoms with Crippen molar-refractivity contribution < 1.29 is 9.18 Å². The third-order valence-electron chi connectivity index (χ3n) is 3.54. The second-order valence-electron chi connectivity index (χ2n) is 5.27. The molecule has 5 nitrogen and oxygen atoms in total. The van der Waals surface area contributed by atoms with Crippen LogP contribution in [-0.2, 0) is 10.2 Å². The topological polar surface area (TPSA) is 74.8 Å². The molecule has 1 aromatic carbocycles. The Morgan fingerprint density at radius 3 is 2.41 bits per heavy atom. The van der Waals surface area contributed by atoms with Crippen LogP contribution in [0.5, 0.6) is 0 Å². The van der Waals surface area contributed by atoms with Crippen LogP contribution in [0.1, 0.15) is 33.3 Å². The van der Waals surface area contributed by atoms with Gasteiger partial charge in [0, 0.05) is 11.6 Å². The number of nitrogens with zero attached hydrogens (tertiary/aromatic N) is 1. The molecule has 0 saturated heterocycles. The molecule has 3 rings (SSSR count). The van der Waals surface area contributed by atoms with E-state index in [-0.39, 0.29) is 17.2 Å². The van der Waals surface area contributed by atoms with Gasteiger partial charge in [0.2, 0.25) is 5.91 Å². The van der Waals surface area contributed by atoms with Crippen molar-refractivity contribution in [3.05, 3.63) is 46.0 Å². The fourth-order valence-corrected chi connectivity index (χ4v) is 2.27. The minimum Gasteiger partial charge on any atom is -0.323 e. The van der Waals surface area contributed by atoms with E-state index >= 15 is 0 Å². The molecule has 1 aliphatic heterocycles. The number of anilines is 1. The Morgan fingerprint density at radius 1 is 1.14 bits per heavy atom. The van der Waals surface area contributed by atoms with E-state index < -0.39 is 11.2 Å². The highest BCUT2D eigenvalue weighted by atomic mass is 19.1. The number of halogens is 1. The predicted octanol–water partition coefficient (Wildman–Crippen LogP) is 2.83. The Balaban J connectivity index is 0.000000847. The van der Waals surface area contributed by atoms with Crippen molar-refractivity contribution in [3.8, 4) is 11.3 Å². The maximum absolute atomic E-state index is 14.1. The van der Waals surface area contributed by atoms with E-state index in [1.165, 1.54) is 18.2 Å². The maximum atomic E-state index is 14.1. The minimum absolute atomic E-state index is 0.216. The summed E-state index contributed by atoms with van der Waals surface area (Å²) in [5, 5.41) is 8.73. The quantitative estimate of drug-likeness (QED) is 0.850. The number of aromatic amines is 1. The molecule has 0 spiro atoms. The zero-order valence-corrected chi connectivity index (χ0v) is 13.0. The van der Waals surface area contributed by atoms with Crippen LogP contribution in [0.2, 0.25) is 0 Å². The van der Waals surface area contributed by atoms with Gasteiger partial charge in [0.05, 0.1) is 16.8 Å². The van der Waals surface area contributed by atoms with Gasteiger partial charge in [0.15, 0.2) is 0 Å². The van der Waals surface area contributed by atoms with E-state index in [9.17, 15) is 14.0 Å². The summed E-state index contributed by atoms with van der Waals surface area (Å²) in [6.45, 7) is 7.47. The van der Waals surface area contributed by atoms with Crippen LogP contribution in [0.4, 0.5) is 10.1 Å². The number of amides is 1. The van der Waals surface area contributed by atoms with Crippen LogP contribution in [-0.4, -0.2) is 16.1 Å². The lowest BCUT2D eigenvalue weighted by Gasteiger charge is -2.15. The van der Waals surface area contributed by atoms with Crippen LogP contribution in [0.3, 0.4) is 0 Å². The van der Waals surface area contributed by atoms with Crippen LogP contribution in [0.25, 0.3) is 11.3 Å². The average molecular weight is 303 g/mol. The van der Waals surface area contributed by atoms with E-state index in [0.717, 1.165) is 0 Å². The van der Waals surface area contributed by atoms with E-state index in [0.29, 0.717) is 16.8 Å². The van der Waals surface area contributed by atoms with Crippen molar-refractivity contribution >= 4 is 11.6 Å². The second kappa shape index (κ2) is 5.71. The lowest BCUT2D eigenvalue weighted by Crippen LogP contribution is -2.26. The van der Waals surface area contributed by atoms with E-state index in [1.54, 1.807) is 19.9 Å². The third-order valence-corrected chi connectivity index (χ3v) is 3.54. The van der Waals surface area contributed by atoms with Gasteiger partial charge < -0.3 is 5.32 Å². The minimum atomic E-state index is -0.797. The van der Waals surface area contributed by atoms with Crippen molar-refractivity contribution in [2.45, 2.75) is 33.1 Å². The van der Waals surface area contributed by atoms with Gasteiger partial charge in [-0.15, -0.1) is 0 Å². The van der Waals surface area contributed by atoms with E-state index in [1.807, 2.05) is 13.8 Å². The molecule has 1 aromatic heterocycles. The molecule has 0 bridgehead atoms. The number of aromatic nitrogens is 2. The monoisotopic (exact) mass is 303 g/mol. The smallest absolute Gasteiger partial charge is 0.264 e. The Bertz CT molecular complexity index is 761. The molecule has 0 aliphatic carbocycles. The second-order valence-corrected chi connectivity index (χ2v) is 5.27. The molecule has 2 aromatic rings. The molecule has 0 fully saturated rings. The molecule has 22 heavy (non-hydrogen) atoms. The van der Waals surface area contributed by atoms with Crippen LogP contribution in [0, 0.1) is 5.82 Å². The average Bonchev–Trinajstić information content (AvgIpc) is 2.73. The number of rotatable bonds is 1. The number of nitrogens with one attached hydrogen (secondary N) is 2. The Morgan fingerprint density at radius 2 is 1.82 bits per heavy atom. The highest BCUT2D eigenvalue weighted by Gasteiger charge is 2.40. The molecule has 2 N–H and O–H groups in total. The van der Waals surface area contributed by atoms with E-state index in [2.05, 4.69) is 15.5 Å². The fourth-order valence-electron chi connectivity index (χ4n) is 2.27. The first-order valence-electron chi connectivity index (χ1n) is 7.11. The van der Waals surface area contributed by atoms with Crippen molar-refractivity contribution in [1.82, 2.24) is 10.2 Å². The zero-order valence-electron chi connectivity index (χ0n) is 13.0.